The van der Waals surface area contributed by atoms with Crippen LogP contribution in [0.15, 0.2) is 60.7 Å². The summed E-state index contributed by atoms with van der Waals surface area (Å²) in [5.41, 5.74) is 0. The molecular formula is C18H14I2+2. The Bertz CT molecular complexity index is 566. The minimum atomic E-state index is -0.138. The Kier molecular flexibility index (Phi) is 7.59. The number of hydrogen-bond donors (Lipinski definition) is 0. The summed E-state index contributed by atoms with van der Waals surface area (Å²) in [5, 5.41) is 0. The average Bonchev–Trinajstić information content (AvgIpc) is 2.52. The predicted octanol–water partition coefficient (Wildman–Crippen LogP) is -2.39. The van der Waals surface area contributed by atoms with Gasteiger partial charge in [0.2, 0.25) is 7.14 Å². The highest BCUT2D eigenvalue weighted by atomic mass is 127. The van der Waals surface area contributed by atoms with Gasteiger partial charge in [0.25, 0.3) is 0 Å². The minimum Gasteiger partial charge on any atom is -0.0619 e. The van der Waals surface area contributed by atoms with Crippen LogP contribution < -0.4 is 42.4 Å². The predicted molar refractivity (Wildman–Crippen MR) is 75.1 cm³/mol. The Morgan fingerprint density at radius 1 is 0.600 bits per heavy atom. The lowest BCUT2D eigenvalue weighted by Crippen LogP contribution is -3.59. The number of hydrogen-bond acceptors (Lipinski definition) is 0. The minimum absolute atomic E-state index is 0.138. The van der Waals surface area contributed by atoms with Crippen molar-refractivity contribution in [1.29, 1.82) is 0 Å². The van der Waals surface area contributed by atoms with E-state index in [1.807, 2.05) is 12.1 Å². The molecule has 0 radical (unpaired) electrons. The first kappa shape index (κ1) is 15.4. The first-order valence-corrected chi connectivity index (χ1v) is 10.6. The summed E-state index contributed by atoms with van der Waals surface area (Å²) in [5.74, 6) is 6.48. The molecule has 0 atom stereocenters. The topological polar surface area (TPSA) is 0 Å². The zero-order valence-corrected chi connectivity index (χ0v) is 15.3. The summed E-state index contributed by atoms with van der Waals surface area (Å²) in [6, 6.07) is 21.0. The van der Waals surface area contributed by atoms with Crippen LogP contribution in [0.2, 0.25) is 0 Å². The van der Waals surface area contributed by atoms with Gasteiger partial charge in [-0.15, -0.1) is 0 Å². The Morgan fingerprint density at radius 3 is 1.40 bits per heavy atom. The molecule has 0 spiro atoms. The van der Waals surface area contributed by atoms with Crippen LogP contribution in [-0.4, -0.2) is 0 Å². The van der Waals surface area contributed by atoms with Crippen LogP contribution in [0.4, 0.5) is 0 Å². The van der Waals surface area contributed by atoms with Crippen molar-refractivity contribution in [2.45, 2.75) is 12.8 Å². The van der Waals surface area contributed by atoms with Gasteiger partial charge in [0, 0.05) is 12.8 Å². The van der Waals surface area contributed by atoms with Gasteiger partial charge in [-0.2, -0.15) is 0 Å². The third-order valence-corrected chi connectivity index (χ3v) is 6.27. The van der Waals surface area contributed by atoms with E-state index in [9.17, 15) is 0 Å². The third kappa shape index (κ3) is 6.45. The van der Waals surface area contributed by atoms with E-state index in [0.29, 0.717) is 0 Å². The van der Waals surface area contributed by atoms with Crippen LogP contribution in [0.5, 0.6) is 0 Å². The Labute approximate surface area is 141 Å². The molecule has 2 aromatic carbocycles. The van der Waals surface area contributed by atoms with Crippen LogP contribution in [-0.2, 0) is 0 Å². The fraction of sp³-hybridized carbons (Fsp3) is 0.111. The first-order chi connectivity index (χ1) is 9.95. The highest BCUT2D eigenvalue weighted by molar-refractivity contribution is 5.03. The molecule has 0 aliphatic rings. The number of halogens is 2. The lowest BCUT2D eigenvalue weighted by molar-refractivity contribution is -0.535. The molecule has 2 heteroatoms. The summed E-state index contributed by atoms with van der Waals surface area (Å²) in [7, 11) is 0. The third-order valence-electron chi connectivity index (χ3n) is 2.29. The van der Waals surface area contributed by atoms with Gasteiger partial charge in [-0.25, -0.2) is 0 Å². The summed E-state index contributed by atoms with van der Waals surface area (Å²) in [6.07, 6.45) is 1.80. The van der Waals surface area contributed by atoms with Gasteiger partial charge in [-0.05, 0) is 36.1 Å². The molecule has 0 amide bonds. The molecule has 98 valence electrons. The standard InChI is InChI=1S/C18H14I2/c1(9-15-19-17-11-5-3-6-12-17)2-10-16-20-18-13-7-4-8-14-18/h3-8,11-14H,1-2H2/q+2. The van der Waals surface area contributed by atoms with E-state index < -0.39 is 0 Å². The zero-order valence-electron chi connectivity index (χ0n) is 10.9. The maximum atomic E-state index is 3.31. The highest BCUT2D eigenvalue weighted by Gasteiger charge is 2.06. The van der Waals surface area contributed by atoms with E-state index in [4.69, 9.17) is 0 Å². The molecule has 0 heterocycles. The second kappa shape index (κ2) is 9.85. The normalized spacial score (nSPS) is 9.00. The monoisotopic (exact) mass is 484 g/mol. The van der Waals surface area contributed by atoms with Crippen molar-refractivity contribution < 1.29 is 42.4 Å². The molecule has 0 fully saturated rings. The lowest BCUT2D eigenvalue weighted by atomic mass is 10.3. The lowest BCUT2D eigenvalue weighted by Gasteiger charge is -1.77. The van der Waals surface area contributed by atoms with Gasteiger partial charge in [0.1, 0.15) is 0 Å². The fourth-order valence-corrected chi connectivity index (χ4v) is 4.44. The van der Waals surface area contributed by atoms with E-state index in [1.54, 1.807) is 0 Å². The van der Waals surface area contributed by atoms with Crippen molar-refractivity contribution in [3.05, 3.63) is 67.8 Å². The molecule has 0 aliphatic heterocycles. The highest BCUT2D eigenvalue weighted by Crippen LogP contribution is 1.83. The van der Waals surface area contributed by atoms with Gasteiger partial charge in [-0.3, -0.25) is 0 Å². The van der Waals surface area contributed by atoms with Crippen molar-refractivity contribution in [2.75, 3.05) is 0 Å². The molecule has 2 rings (SSSR count). The maximum Gasteiger partial charge on any atom is 0.419 e. The molecule has 0 saturated carbocycles. The molecule has 0 aliphatic carbocycles. The van der Waals surface area contributed by atoms with E-state index in [-0.39, 0.29) is 42.4 Å². The number of rotatable bonds is 3. The summed E-state index contributed by atoms with van der Waals surface area (Å²) < 4.78 is 9.40. The molecular weight excluding hydrogens is 470 g/mol. The Balaban J connectivity index is 1.65. The SMILES string of the molecule is C(#C[I+]c1ccccc1)CCC#C[I+]c1ccccc1. The van der Waals surface area contributed by atoms with Crippen LogP contribution in [0, 0.1) is 26.8 Å². The van der Waals surface area contributed by atoms with Crippen molar-refractivity contribution in [3.63, 3.8) is 0 Å². The largest absolute Gasteiger partial charge is 0.419 e. The van der Waals surface area contributed by atoms with Crippen molar-refractivity contribution >= 4 is 0 Å². The van der Waals surface area contributed by atoms with Crippen molar-refractivity contribution in [1.82, 2.24) is 0 Å². The molecule has 0 aromatic heterocycles. The van der Waals surface area contributed by atoms with Crippen LogP contribution in [0.25, 0.3) is 0 Å². The first-order valence-electron chi connectivity index (χ1n) is 6.28. The van der Waals surface area contributed by atoms with E-state index in [2.05, 4.69) is 68.2 Å². The molecule has 20 heavy (non-hydrogen) atoms. The van der Waals surface area contributed by atoms with Crippen molar-refractivity contribution in [2.24, 2.45) is 0 Å². The van der Waals surface area contributed by atoms with Gasteiger partial charge in [0.15, 0.2) is 7.85 Å². The number of benzene rings is 2. The second-order valence-corrected chi connectivity index (χ2v) is 8.47. The molecule has 2 aromatic rings. The molecule has 0 nitrogen and oxygen atoms in total. The Hall–Kier alpha value is -0.980. The Morgan fingerprint density at radius 2 is 1.00 bits per heavy atom. The van der Waals surface area contributed by atoms with E-state index in [1.165, 1.54) is 7.14 Å². The zero-order chi connectivity index (χ0) is 13.9. The van der Waals surface area contributed by atoms with E-state index in [0.717, 1.165) is 12.8 Å². The molecule has 0 N–H and O–H groups in total. The van der Waals surface area contributed by atoms with Crippen LogP contribution in [0.1, 0.15) is 12.8 Å². The number of unbranched alkanes of at least 4 members (excludes halogenated alkanes) is 1. The van der Waals surface area contributed by atoms with Crippen LogP contribution in [0.3, 0.4) is 0 Å². The summed E-state index contributed by atoms with van der Waals surface area (Å²) in [4.78, 5) is 0. The maximum absolute atomic E-state index is 3.31. The second-order valence-electron chi connectivity index (χ2n) is 3.82. The van der Waals surface area contributed by atoms with Gasteiger partial charge < -0.3 is 0 Å². The smallest absolute Gasteiger partial charge is 0.0619 e. The molecule has 0 saturated heterocycles. The molecule has 0 unspecified atom stereocenters. The average molecular weight is 484 g/mol. The quantitative estimate of drug-likeness (QED) is 0.259. The van der Waals surface area contributed by atoms with Crippen LogP contribution >= 0.6 is 0 Å². The summed E-state index contributed by atoms with van der Waals surface area (Å²) in [6.45, 7) is 0. The summed E-state index contributed by atoms with van der Waals surface area (Å²) >= 11 is -0.277. The van der Waals surface area contributed by atoms with Gasteiger partial charge in [-0.1, -0.05) is 36.4 Å². The van der Waals surface area contributed by atoms with Crippen molar-refractivity contribution in [3.8, 4) is 19.7 Å². The van der Waals surface area contributed by atoms with Gasteiger partial charge >= 0.3 is 42.4 Å². The molecule has 0 bridgehead atoms. The van der Waals surface area contributed by atoms with Gasteiger partial charge in [0.05, 0.1) is 0 Å². The fourth-order valence-electron chi connectivity index (χ4n) is 1.35. The van der Waals surface area contributed by atoms with E-state index >= 15 is 0 Å².